The summed E-state index contributed by atoms with van der Waals surface area (Å²) in [5.74, 6) is -0.204. The van der Waals surface area contributed by atoms with E-state index in [-0.39, 0.29) is 17.8 Å². The fraction of sp³-hybridized carbons (Fsp3) is 0.231. The number of nitrogens with one attached hydrogen (secondary N) is 1. The Hall–Kier alpha value is -3.78. The van der Waals surface area contributed by atoms with Gasteiger partial charge in [-0.25, -0.2) is 9.97 Å². The molecular formula is C26H23N3O4S. The number of carbonyl (C=O) groups excluding carboxylic acids is 2. The van der Waals surface area contributed by atoms with Crippen molar-refractivity contribution in [1.82, 2.24) is 9.97 Å². The molecule has 34 heavy (non-hydrogen) atoms. The molecular weight excluding hydrogens is 450 g/mol. The maximum absolute atomic E-state index is 12.7. The minimum atomic E-state index is -0.342. The second kappa shape index (κ2) is 9.61. The summed E-state index contributed by atoms with van der Waals surface area (Å²) in [5, 5.41) is 4.42. The minimum absolute atomic E-state index is 0.251. The zero-order valence-electron chi connectivity index (χ0n) is 18.6. The Morgan fingerprint density at radius 2 is 1.88 bits per heavy atom. The Morgan fingerprint density at radius 3 is 2.71 bits per heavy atom. The van der Waals surface area contributed by atoms with Gasteiger partial charge < -0.3 is 9.47 Å². The summed E-state index contributed by atoms with van der Waals surface area (Å²) in [4.78, 5) is 35.0. The van der Waals surface area contributed by atoms with E-state index in [0.717, 1.165) is 33.6 Å². The number of nitrogens with zero attached hydrogens (tertiary/aromatic N) is 2. The first-order chi connectivity index (χ1) is 16.6. The van der Waals surface area contributed by atoms with E-state index < -0.39 is 0 Å². The van der Waals surface area contributed by atoms with Crippen LogP contribution in [0.1, 0.15) is 45.9 Å². The zero-order valence-corrected chi connectivity index (χ0v) is 19.4. The molecule has 1 atom stereocenters. The number of benzene rings is 2. The number of thiazole rings is 1. The number of hydrogen-bond acceptors (Lipinski definition) is 7. The smallest absolute Gasteiger partial charge is 0.315 e. The highest BCUT2D eigenvalue weighted by Gasteiger charge is 2.33. The molecule has 172 valence electrons. The van der Waals surface area contributed by atoms with Gasteiger partial charge in [0.25, 0.3) is 5.91 Å². The molecule has 8 heteroatoms. The second-order valence-electron chi connectivity index (χ2n) is 7.93. The Bertz CT molecular complexity index is 1350. The Morgan fingerprint density at radius 1 is 1.06 bits per heavy atom. The average Bonchev–Trinajstić information content (AvgIpc) is 3.43. The second-order valence-corrected chi connectivity index (χ2v) is 9.02. The first kappa shape index (κ1) is 22.0. The number of anilines is 1. The topological polar surface area (TPSA) is 90.4 Å². The molecule has 2 heterocycles. The lowest BCUT2D eigenvalue weighted by Crippen LogP contribution is -2.15. The molecule has 1 aliphatic carbocycles. The molecule has 0 aliphatic heterocycles. The van der Waals surface area contributed by atoms with Gasteiger partial charge in [0.05, 0.1) is 23.5 Å². The van der Waals surface area contributed by atoms with Crippen molar-refractivity contribution in [3.05, 3.63) is 82.5 Å². The molecule has 7 nitrogen and oxygen atoms in total. The van der Waals surface area contributed by atoms with E-state index in [0.29, 0.717) is 36.1 Å². The van der Waals surface area contributed by atoms with E-state index in [4.69, 9.17) is 9.47 Å². The van der Waals surface area contributed by atoms with Crippen LogP contribution in [-0.2, 0) is 22.6 Å². The van der Waals surface area contributed by atoms with Crippen molar-refractivity contribution < 1.29 is 19.1 Å². The van der Waals surface area contributed by atoms with Gasteiger partial charge in [0.15, 0.2) is 5.13 Å². The van der Waals surface area contributed by atoms with Crippen molar-refractivity contribution >= 4 is 39.2 Å². The number of aryl methyl sites for hydroxylation is 1. The van der Waals surface area contributed by atoms with Crippen LogP contribution in [0.3, 0.4) is 0 Å². The van der Waals surface area contributed by atoms with Gasteiger partial charge in [-0.3, -0.25) is 14.9 Å². The van der Waals surface area contributed by atoms with E-state index in [1.807, 2.05) is 36.4 Å². The number of amides is 1. The number of pyridine rings is 1. The van der Waals surface area contributed by atoms with Crippen LogP contribution in [0.2, 0.25) is 0 Å². The highest BCUT2D eigenvalue weighted by atomic mass is 32.1. The quantitative estimate of drug-likeness (QED) is 0.375. The normalized spacial score (nSPS) is 14.6. The molecule has 0 bridgehead atoms. The molecule has 0 spiro atoms. The van der Waals surface area contributed by atoms with Crippen molar-refractivity contribution in [3.63, 3.8) is 0 Å². The highest BCUT2D eigenvalue weighted by Crippen LogP contribution is 2.39. The van der Waals surface area contributed by atoms with Crippen LogP contribution >= 0.6 is 11.3 Å². The summed E-state index contributed by atoms with van der Waals surface area (Å²) in [6.45, 7) is 2.47. The van der Waals surface area contributed by atoms with E-state index in [1.165, 1.54) is 11.3 Å². The maximum atomic E-state index is 12.7. The number of aromatic nitrogens is 2. The van der Waals surface area contributed by atoms with E-state index >= 15 is 0 Å². The van der Waals surface area contributed by atoms with Crippen molar-refractivity contribution in [3.8, 4) is 5.75 Å². The molecule has 5 rings (SSSR count). The predicted molar refractivity (Wildman–Crippen MR) is 130 cm³/mol. The Balaban J connectivity index is 1.19. The summed E-state index contributed by atoms with van der Waals surface area (Å²) in [6.07, 6.45) is 1.47. The van der Waals surface area contributed by atoms with Crippen LogP contribution in [-0.4, -0.2) is 28.5 Å². The number of rotatable bonds is 7. The fourth-order valence-corrected chi connectivity index (χ4v) is 5.00. The number of esters is 1. The molecule has 4 aromatic rings. The van der Waals surface area contributed by atoms with Crippen LogP contribution in [0.4, 0.5) is 5.13 Å². The lowest BCUT2D eigenvalue weighted by molar-refractivity contribution is -0.145. The van der Waals surface area contributed by atoms with Crippen molar-refractivity contribution in [1.29, 1.82) is 0 Å². The molecule has 1 amide bonds. The minimum Gasteiger partial charge on any atom is -0.487 e. The molecule has 1 N–H and O–H groups in total. The summed E-state index contributed by atoms with van der Waals surface area (Å²) in [7, 11) is 0. The summed E-state index contributed by atoms with van der Waals surface area (Å²) in [6, 6.07) is 18.8. The number of ether oxygens (including phenoxy) is 2. The highest BCUT2D eigenvalue weighted by molar-refractivity contribution is 7.16. The van der Waals surface area contributed by atoms with Crippen LogP contribution in [0.15, 0.2) is 60.7 Å². The Kier molecular flexibility index (Phi) is 6.22. The molecule has 0 saturated carbocycles. The summed E-state index contributed by atoms with van der Waals surface area (Å²) >= 11 is 1.41. The van der Waals surface area contributed by atoms with Crippen molar-refractivity contribution in [2.75, 3.05) is 11.9 Å². The summed E-state index contributed by atoms with van der Waals surface area (Å²) < 4.78 is 11.0. The summed E-state index contributed by atoms with van der Waals surface area (Å²) in [5.41, 5.74) is 2.98. The van der Waals surface area contributed by atoms with Crippen LogP contribution in [0.25, 0.3) is 10.9 Å². The van der Waals surface area contributed by atoms with Crippen LogP contribution in [0, 0.1) is 0 Å². The maximum Gasteiger partial charge on any atom is 0.315 e. The average molecular weight is 474 g/mol. The monoisotopic (exact) mass is 473 g/mol. The third kappa shape index (κ3) is 4.63. The van der Waals surface area contributed by atoms with E-state index in [2.05, 4.69) is 15.3 Å². The lowest BCUT2D eigenvalue weighted by atomic mass is 10.1. The standard InChI is InChI=1S/C26H23N3O4S/c1-2-32-25(31)20-13-14-22-23(20)28-26(34-22)29-24(30)17-8-11-19(12-9-17)33-15-18-10-7-16-5-3-4-6-21(16)27-18/h3-12,20H,2,13-15H2,1H3,(H,28,29,30). The molecule has 0 saturated heterocycles. The van der Waals surface area contributed by atoms with Gasteiger partial charge in [-0.15, -0.1) is 11.3 Å². The number of carbonyl (C=O) groups is 2. The van der Waals surface area contributed by atoms with E-state index in [9.17, 15) is 9.59 Å². The number of para-hydroxylation sites is 1. The largest absolute Gasteiger partial charge is 0.487 e. The number of fused-ring (bicyclic) bond motifs is 2. The molecule has 0 radical (unpaired) electrons. The van der Waals surface area contributed by atoms with E-state index in [1.54, 1.807) is 31.2 Å². The fourth-order valence-electron chi connectivity index (χ4n) is 3.97. The van der Waals surface area contributed by atoms with Gasteiger partial charge in [-0.1, -0.05) is 24.3 Å². The number of hydrogen-bond donors (Lipinski definition) is 1. The molecule has 2 aromatic carbocycles. The SMILES string of the molecule is CCOC(=O)C1CCc2sc(NC(=O)c3ccc(OCc4ccc5ccccc5n4)cc3)nc21. The van der Waals surface area contributed by atoms with Crippen molar-refractivity contribution in [2.45, 2.75) is 32.3 Å². The molecule has 1 aliphatic rings. The van der Waals surface area contributed by atoms with Gasteiger partial charge in [0.2, 0.25) is 0 Å². The van der Waals surface area contributed by atoms with Crippen molar-refractivity contribution in [2.24, 2.45) is 0 Å². The zero-order chi connectivity index (χ0) is 23.5. The van der Waals surface area contributed by atoms with Crippen LogP contribution in [0.5, 0.6) is 5.75 Å². The Labute approximate surface area is 200 Å². The van der Waals surface area contributed by atoms with Gasteiger partial charge in [-0.2, -0.15) is 0 Å². The van der Waals surface area contributed by atoms with Gasteiger partial charge in [0.1, 0.15) is 18.3 Å². The first-order valence-corrected chi connectivity index (χ1v) is 12.0. The molecule has 2 aromatic heterocycles. The van der Waals surface area contributed by atoms with Crippen LogP contribution < -0.4 is 10.1 Å². The first-order valence-electron chi connectivity index (χ1n) is 11.2. The van der Waals surface area contributed by atoms with Gasteiger partial charge >= 0.3 is 5.97 Å². The third-order valence-corrected chi connectivity index (χ3v) is 6.71. The molecule has 1 unspecified atom stereocenters. The van der Waals surface area contributed by atoms with Gasteiger partial charge in [-0.05, 0) is 56.2 Å². The predicted octanol–water partition coefficient (Wildman–Crippen LogP) is 5.12. The van der Waals surface area contributed by atoms with Gasteiger partial charge in [0, 0.05) is 15.8 Å². The third-order valence-electron chi connectivity index (χ3n) is 5.67. The lowest BCUT2D eigenvalue weighted by Gasteiger charge is -2.08. The molecule has 0 fully saturated rings.